The number of alkyl halides is 3. The smallest absolute Gasteiger partial charge is 0.396 e. The van der Waals surface area contributed by atoms with Crippen molar-refractivity contribution in [3.8, 4) is 0 Å². The molecule has 120 valence electrons. The highest BCUT2D eigenvalue weighted by Crippen LogP contribution is 2.32. The van der Waals surface area contributed by atoms with E-state index in [4.69, 9.17) is 5.11 Å². The molecular formula is C12H18F3N3O2S. The first kappa shape index (κ1) is 17.8. The highest BCUT2D eigenvalue weighted by Gasteiger charge is 2.40. The number of carbonyl (C=O) groups excluding carboxylic acids is 1. The topological polar surface area (TPSA) is 67.2 Å². The van der Waals surface area contributed by atoms with E-state index in [1.165, 1.54) is 18.7 Å². The second kappa shape index (κ2) is 7.69. The summed E-state index contributed by atoms with van der Waals surface area (Å²) in [6.07, 6.45) is -1.62. The molecule has 0 aliphatic rings. The molecule has 1 unspecified atom stereocenters. The maximum Gasteiger partial charge on any atom is 0.433 e. The van der Waals surface area contributed by atoms with Gasteiger partial charge in [0.15, 0.2) is 5.69 Å². The van der Waals surface area contributed by atoms with Gasteiger partial charge in [-0.15, -0.1) is 0 Å². The van der Waals surface area contributed by atoms with Crippen LogP contribution in [-0.4, -0.2) is 45.5 Å². The fourth-order valence-electron chi connectivity index (χ4n) is 1.91. The number of carbonyl (C=O) groups is 1. The first-order valence-electron chi connectivity index (χ1n) is 6.38. The zero-order chi connectivity index (χ0) is 16.0. The number of aliphatic hydroxyl groups is 1. The van der Waals surface area contributed by atoms with Gasteiger partial charge < -0.3 is 10.4 Å². The van der Waals surface area contributed by atoms with Crippen LogP contribution in [-0.2, 0) is 12.7 Å². The third-order valence-corrected chi connectivity index (χ3v) is 3.57. The molecule has 0 saturated heterocycles. The molecule has 21 heavy (non-hydrogen) atoms. The lowest BCUT2D eigenvalue weighted by Gasteiger charge is -2.17. The van der Waals surface area contributed by atoms with Crippen molar-refractivity contribution in [2.75, 3.05) is 18.6 Å². The first-order valence-corrected chi connectivity index (χ1v) is 7.78. The van der Waals surface area contributed by atoms with Crippen LogP contribution in [0.5, 0.6) is 0 Å². The summed E-state index contributed by atoms with van der Waals surface area (Å²) in [5.41, 5.74) is -1.54. The third kappa shape index (κ3) is 4.63. The number of hydrogen-bond donors (Lipinski definition) is 2. The van der Waals surface area contributed by atoms with Crippen LogP contribution in [0.25, 0.3) is 0 Å². The van der Waals surface area contributed by atoms with Crippen LogP contribution in [0, 0.1) is 0 Å². The standard InChI is InChI=1S/C12H18F3N3O2S/c1-3-18-10(12(13,14)15)9(6-16-18)11(20)17-8(4-5-19)7-21-2/h6,8,19H,3-5,7H2,1-2H3,(H,17,20). The molecule has 1 aromatic heterocycles. The van der Waals surface area contributed by atoms with Gasteiger partial charge in [-0.3, -0.25) is 9.48 Å². The lowest BCUT2D eigenvalue weighted by atomic mass is 10.2. The quantitative estimate of drug-likeness (QED) is 0.802. The van der Waals surface area contributed by atoms with E-state index in [9.17, 15) is 18.0 Å². The number of hydrogen-bond acceptors (Lipinski definition) is 4. The van der Waals surface area contributed by atoms with Crippen LogP contribution < -0.4 is 5.32 Å². The van der Waals surface area contributed by atoms with Crippen molar-refractivity contribution in [3.63, 3.8) is 0 Å². The van der Waals surface area contributed by atoms with Gasteiger partial charge in [0, 0.05) is 24.9 Å². The molecular weight excluding hydrogens is 307 g/mol. The van der Waals surface area contributed by atoms with Gasteiger partial charge in [-0.25, -0.2) is 0 Å². The number of thioether (sulfide) groups is 1. The molecule has 9 heteroatoms. The van der Waals surface area contributed by atoms with Crippen LogP contribution >= 0.6 is 11.8 Å². The van der Waals surface area contributed by atoms with E-state index in [-0.39, 0.29) is 25.6 Å². The molecule has 1 amide bonds. The fourth-order valence-corrected chi connectivity index (χ4v) is 2.56. The highest BCUT2D eigenvalue weighted by atomic mass is 32.2. The van der Waals surface area contributed by atoms with Crippen LogP contribution in [0.4, 0.5) is 13.2 Å². The Morgan fingerprint density at radius 1 is 1.57 bits per heavy atom. The van der Waals surface area contributed by atoms with Gasteiger partial charge in [-0.1, -0.05) is 0 Å². The van der Waals surface area contributed by atoms with Crippen LogP contribution in [0.15, 0.2) is 6.20 Å². The van der Waals surface area contributed by atoms with E-state index in [2.05, 4.69) is 10.4 Å². The molecule has 0 aliphatic heterocycles. The van der Waals surface area contributed by atoms with E-state index in [0.29, 0.717) is 5.75 Å². The fraction of sp³-hybridized carbons (Fsp3) is 0.667. The van der Waals surface area contributed by atoms with Crippen molar-refractivity contribution >= 4 is 17.7 Å². The summed E-state index contributed by atoms with van der Waals surface area (Å²) in [4.78, 5) is 12.0. The minimum absolute atomic E-state index is 0.0208. The number of nitrogens with one attached hydrogen (secondary N) is 1. The summed E-state index contributed by atoms with van der Waals surface area (Å²) in [7, 11) is 0. The van der Waals surface area contributed by atoms with E-state index in [1.807, 2.05) is 6.26 Å². The molecule has 1 rings (SSSR count). The SMILES string of the molecule is CCn1ncc(C(=O)NC(CCO)CSC)c1C(F)(F)F. The van der Waals surface area contributed by atoms with Crippen LogP contribution in [0.3, 0.4) is 0 Å². The minimum Gasteiger partial charge on any atom is -0.396 e. The molecule has 0 aromatic carbocycles. The zero-order valence-electron chi connectivity index (χ0n) is 11.8. The van der Waals surface area contributed by atoms with Crippen molar-refractivity contribution in [3.05, 3.63) is 17.5 Å². The Morgan fingerprint density at radius 2 is 2.24 bits per heavy atom. The molecule has 2 N–H and O–H groups in total. The van der Waals surface area contributed by atoms with Gasteiger partial charge >= 0.3 is 6.18 Å². The molecule has 5 nitrogen and oxygen atoms in total. The number of halogens is 3. The van der Waals surface area contributed by atoms with E-state index in [0.717, 1.165) is 10.9 Å². The van der Waals surface area contributed by atoms with E-state index < -0.39 is 23.3 Å². The monoisotopic (exact) mass is 325 g/mol. The van der Waals surface area contributed by atoms with Gasteiger partial charge in [-0.2, -0.15) is 30.0 Å². The second-order valence-electron chi connectivity index (χ2n) is 4.36. The van der Waals surface area contributed by atoms with Gasteiger partial charge in [0.2, 0.25) is 0 Å². The Labute approximate surface area is 124 Å². The Balaban J connectivity index is 2.99. The summed E-state index contributed by atoms with van der Waals surface area (Å²) in [5, 5.41) is 15.0. The molecule has 0 spiro atoms. The first-order chi connectivity index (χ1) is 9.85. The molecule has 1 aromatic rings. The number of amides is 1. The van der Waals surface area contributed by atoms with Gasteiger partial charge in [0.25, 0.3) is 5.91 Å². The number of rotatable bonds is 7. The van der Waals surface area contributed by atoms with Gasteiger partial charge in [0.05, 0.1) is 11.8 Å². The molecule has 0 aliphatic carbocycles. The highest BCUT2D eigenvalue weighted by molar-refractivity contribution is 7.98. The van der Waals surface area contributed by atoms with Crippen molar-refractivity contribution in [1.82, 2.24) is 15.1 Å². The van der Waals surface area contributed by atoms with Gasteiger partial charge in [0.1, 0.15) is 0 Å². The molecule has 1 atom stereocenters. The van der Waals surface area contributed by atoms with Crippen LogP contribution in [0.1, 0.15) is 29.4 Å². The van der Waals surface area contributed by atoms with Crippen molar-refractivity contribution < 1.29 is 23.1 Å². The Morgan fingerprint density at radius 3 is 2.71 bits per heavy atom. The summed E-state index contributed by atoms with van der Waals surface area (Å²) >= 11 is 1.44. The number of aromatic nitrogens is 2. The van der Waals surface area contributed by atoms with E-state index in [1.54, 1.807) is 0 Å². The normalized spacial score (nSPS) is 13.2. The number of aryl methyl sites for hydroxylation is 1. The summed E-state index contributed by atoms with van der Waals surface area (Å²) in [6, 6.07) is -0.386. The molecule has 1 heterocycles. The summed E-state index contributed by atoms with van der Waals surface area (Å²) < 4.78 is 39.9. The molecule has 0 bridgehead atoms. The zero-order valence-corrected chi connectivity index (χ0v) is 12.6. The van der Waals surface area contributed by atoms with E-state index >= 15 is 0 Å². The summed E-state index contributed by atoms with van der Waals surface area (Å²) in [6.45, 7) is 1.39. The molecule has 0 radical (unpaired) electrons. The predicted octanol–water partition coefficient (Wildman–Crippen LogP) is 1.77. The predicted molar refractivity (Wildman–Crippen MR) is 74.2 cm³/mol. The van der Waals surface area contributed by atoms with Crippen molar-refractivity contribution in [2.24, 2.45) is 0 Å². The average Bonchev–Trinajstić information content (AvgIpc) is 2.83. The second-order valence-corrected chi connectivity index (χ2v) is 5.27. The molecule has 0 saturated carbocycles. The number of nitrogens with zero attached hydrogens (tertiary/aromatic N) is 2. The summed E-state index contributed by atoms with van der Waals surface area (Å²) in [5.74, 6) is -0.315. The lowest BCUT2D eigenvalue weighted by molar-refractivity contribution is -0.144. The Bertz CT molecular complexity index is 471. The Hall–Kier alpha value is -1.22. The maximum absolute atomic E-state index is 13.0. The maximum atomic E-state index is 13.0. The average molecular weight is 325 g/mol. The number of aliphatic hydroxyl groups excluding tert-OH is 1. The lowest BCUT2D eigenvalue weighted by Crippen LogP contribution is -2.38. The third-order valence-electron chi connectivity index (χ3n) is 2.83. The van der Waals surface area contributed by atoms with Crippen molar-refractivity contribution in [1.29, 1.82) is 0 Å². The molecule has 0 fully saturated rings. The largest absolute Gasteiger partial charge is 0.433 e. The van der Waals surface area contributed by atoms with Gasteiger partial charge in [-0.05, 0) is 19.6 Å². The van der Waals surface area contributed by atoms with Crippen LogP contribution in [0.2, 0.25) is 0 Å². The Kier molecular flexibility index (Phi) is 6.53. The van der Waals surface area contributed by atoms with Crippen molar-refractivity contribution in [2.45, 2.75) is 32.1 Å². The minimum atomic E-state index is -4.65.